The molecule has 0 amide bonds. The van der Waals surface area contributed by atoms with E-state index < -0.39 is 0 Å². The minimum Gasteiger partial charge on any atom is -0.314 e. The Bertz CT molecular complexity index is 256. The highest BCUT2D eigenvalue weighted by atomic mass is 15.3. The first-order chi connectivity index (χ1) is 8.83. The van der Waals surface area contributed by atoms with Crippen LogP contribution in [0.1, 0.15) is 64.7 Å². The minimum absolute atomic E-state index is 0.798. The summed E-state index contributed by atoms with van der Waals surface area (Å²) in [7, 11) is 0. The third-order valence-electron chi connectivity index (χ3n) is 5.86. The lowest BCUT2D eigenvalue weighted by Crippen LogP contribution is -2.60. The molecule has 2 heteroatoms. The Morgan fingerprint density at radius 3 is 2.17 bits per heavy atom. The van der Waals surface area contributed by atoms with Gasteiger partial charge in [-0.25, -0.2) is 0 Å². The first-order valence-corrected chi connectivity index (χ1v) is 8.29. The zero-order valence-corrected chi connectivity index (χ0v) is 12.1. The van der Waals surface area contributed by atoms with E-state index in [1.807, 2.05) is 0 Å². The van der Waals surface area contributed by atoms with Gasteiger partial charge in [-0.05, 0) is 56.9 Å². The molecule has 2 saturated carbocycles. The van der Waals surface area contributed by atoms with Gasteiger partial charge < -0.3 is 5.32 Å². The summed E-state index contributed by atoms with van der Waals surface area (Å²) < 4.78 is 0. The summed E-state index contributed by atoms with van der Waals surface area (Å²) in [6.45, 7) is 6.13. The van der Waals surface area contributed by atoms with Gasteiger partial charge in [0, 0.05) is 25.2 Å². The predicted octanol–water partition coefficient (Wildman–Crippen LogP) is 3.17. The molecule has 0 unspecified atom stereocenters. The molecule has 0 aromatic carbocycles. The summed E-state index contributed by atoms with van der Waals surface area (Å²) in [5.41, 5.74) is 0.798. The van der Waals surface area contributed by atoms with E-state index in [1.165, 1.54) is 64.6 Å². The van der Waals surface area contributed by atoms with E-state index in [1.54, 1.807) is 12.8 Å². The van der Waals surface area contributed by atoms with Crippen molar-refractivity contribution in [2.24, 2.45) is 5.41 Å². The number of hydrogen-bond acceptors (Lipinski definition) is 2. The fourth-order valence-corrected chi connectivity index (χ4v) is 4.60. The average molecular weight is 250 g/mol. The fourth-order valence-electron chi connectivity index (χ4n) is 4.60. The highest BCUT2D eigenvalue weighted by molar-refractivity contribution is 4.95. The molecular formula is C16H30N2. The van der Waals surface area contributed by atoms with Crippen molar-refractivity contribution in [3.05, 3.63) is 0 Å². The summed E-state index contributed by atoms with van der Waals surface area (Å²) in [5.74, 6) is 0. The van der Waals surface area contributed by atoms with Crippen LogP contribution in [-0.4, -0.2) is 36.6 Å². The molecule has 3 aliphatic rings. The van der Waals surface area contributed by atoms with Gasteiger partial charge in [0.1, 0.15) is 0 Å². The summed E-state index contributed by atoms with van der Waals surface area (Å²) in [5, 5.41) is 3.45. The lowest BCUT2D eigenvalue weighted by molar-refractivity contribution is 0.0414. The Morgan fingerprint density at radius 1 is 1.00 bits per heavy atom. The average Bonchev–Trinajstić information content (AvgIpc) is 2.76. The van der Waals surface area contributed by atoms with Crippen molar-refractivity contribution >= 4 is 0 Å². The monoisotopic (exact) mass is 250 g/mol. The van der Waals surface area contributed by atoms with Crippen molar-refractivity contribution in [2.75, 3.05) is 19.6 Å². The summed E-state index contributed by atoms with van der Waals surface area (Å²) in [4.78, 5) is 2.85. The maximum absolute atomic E-state index is 3.45. The van der Waals surface area contributed by atoms with E-state index in [2.05, 4.69) is 17.1 Å². The summed E-state index contributed by atoms with van der Waals surface area (Å²) in [6.07, 6.45) is 13.4. The molecule has 1 aliphatic heterocycles. The molecule has 1 spiro atoms. The first-order valence-electron chi connectivity index (χ1n) is 8.29. The molecule has 0 atom stereocenters. The van der Waals surface area contributed by atoms with Gasteiger partial charge in [0.25, 0.3) is 0 Å². The van der Waals surface area contributed by atoms with Crippen LogP contribution in [-0.2, 0) is 0 Å². The normalized spacial score (nSPS) is 29.0. The molecular weight excluding hydrogens is 220 g/mol. The Labute approximate surface area is 113 Å². The number of hydrogen-bond donors (Lipinski definition) is 1. The van der Waals surface area contributed by atoms with Gasteiger partial charge in [-0.2, -0.15) is 0 Å². The van der Waals surface area contributed by atoms with Crippen molar-refractivity contribution in [1.82, 2.24) is 10.2 Å². The van der Waals surface area contributed by atoms with Gasteiger partial charge in [-0.15, -0.1) is 0 Å². The molecule has 1 heterocycles. The Morgan fingerprint density at radius 2 is 1.67 bits per heavy atom. The van der Waals surface area contributed by atoms with Crippen molar-refractivity contribution in [3.63, 3.8) is 0 Å². The lowest BCUT2D eigenvalue weighted by Gasteiger charge is -2.47. The SMILES string of the molecule is CCCN(C1CCC2(CCCC2)CC1)C1CNC1. The van der Waals surface area contributed by atoms with Gasteiger partial charge in [-0.3, -0.25) is 4.90 Å². The van der Waals surface area contributed by atoms with Crippen LogP contribution in [0.3, 0.4) is 0 Å². The molecule has 0 aromatic rings. The summed E-state index contributed by atoms with van der Waals surface area (Å²) >= 11 is 0. The number of rotatable bonds is 4. The predicted molar refractivity (Wildman–Crippen MR) is 76.8 cm³/mol. The van der Waals surface area contributed by atoms with Crippen LogP contribution < -0.4 is 5.32 Å². The molecule has 0 aromatic heterocycles. The van der Waals surface area contributed by atoms with Crippen LogP contribution in [0.15, 0.2) is 0 Å². The van der Waals surface area contributed by atoms with E-state index in [-0.39, 0.29) is 0 Å². The fraction of sp³-hybridized carbons (Fsp3) is 1.00. The van der Waals surface area contributed by atoms with E-state index in [4.69, 9.17) is 0 Å². The van der Waals surface area contributed by atoms with Crippen molar-refractivity contribution < 1.29 is 0 Å². The molecule has 1 N–H and O–H groups in total. The van der Waals surface area contributed by atoms with Crippen LogP contribution in [0.4, 0.5) is 0 Å². The molecule has 0 radical (unpaired) electrons. The Hall–Kier alpha value is -0.0800. The van der Waals surface area contributed by atoms with Gasteiger partial charge in [0.15, 0.2) is 0 Å². The maximum Gasteiger partial charge on any atom is 0.0348 e. The zero-order chi connectivity index (χ0) is 12.4. The molecule has 2 nitrogen and oxygen atoms in total. The largest absolute Gasteiger partial charge is 0.314 e. The molecule has 104 valence electrons. The maximum atomic E-state index is 3.45. The van der Waals surface area contributed by atoms with Crippen LogP contribution >= 0.6 is 0 Å². The van der Waals surface area contributed by atoms with Crippen LogP contribution in [0.25, 0.3) is 0 Å². The van der Waals surface area contributed by atoms with E-state index in [9.17, 15) is 0 Å². The van der Waals surface area contributed by atoms with E-state index in [0.29, 0.717) is 0 Å². The highest BCUT2D eigenvalue weighted by Gasteiger charge is 2.40. The van der Waals surface area contributed by atoms with Crippen LogP contribution in [0.5, 0.6) is 0 Å². The Balaban J connectivity index is 1.56. The van der Waals surface area contributed by atoms with E-state index >= 15 is 0 Å². The standard InChI is InChI=1S/C16H30N2/c1-2-11-18(15-12-17-13-15)14-5-9-16(10-6-14)7-3-4-8-16/h14-15,17H,2-13H2,1H3. The molecule has 1 saturated heterocycles. The van der Waals surface area contributed by atoms with Gasteiger partial charge in [0.05, 0.1) is 0 Å². The third-order valence-corrected chi connectivity index (χ3v) is 5.86. The van der Waals surface area contributed by atoms with Crippen molar-refractivity contribution in [1.29, 1.82) is 0 Å². The van der Waals surface area contributed by atoms with Crippen LogP contribution in [0, 0.1) is 5.41 Å². The first kappa shape index (κ1) is 12.9. The van der Waals surface area contributed by atoms with Gasteiger partial charge >= 0.3 is 0 Å². The van der Waals surface area contributed by atoms with Crippen molar-refractivity contribution in [3.8, 4) is 0 Å². The van der Waals surface area contributed by atoms with Gasteiger partial charge in [-0.1, -0.05) is 19.8 Å². The quantitative estimate of drug-likeness (QED) is 0.824. The molecule has 3 rings (SSSR count). The second-order valence-corrected chi connectivity index (χ2v) is 6.99. The third kappa shape index (κ3) is 2.46. The number of nitrogens with zero attached hydrogens (tertiary/aromatic N) is 1. The second kappa shape index (κ2) is 5.50. The van der Waals surface area contributed by atoms with Crippen molar-refractivity contribution in [2.45, 2.75) is 76.8 Å². The second-order valence-electron chi connectivity index (χ2n) is 6.99. The lowest BCUT2D eigenvalue weighted by atomic mass is 9.71. The molecule has 3 fully saturated rings. The topological polar surface area (TPSA) is 15.3 Å². The number of nitrogens with one attached hydrogen (secondary N) is 1. The smallest absolute Gasteiger partial charge is 0.0348 e. The van der Waals surface area contributed by atoms with E-state index in [0.717, 1.165) is 17.5 Å². The molecule has 0 bridgehead atoms. The summed E-state index contributed by atoms with van der Waals surface area (Å²) in [6, 6.07) is 1.76. The van der Waals surface area contributed by atoms with Gasteiger partial charge in [0.2, 0.25) is 0 Å². The highest BCUT2D eigenvalue weighted by Crippen LogP contribution is 2.49. The Kier molecular flexibility index (Phi) is 3.95. The molecule has 2 aliphatic carbocycles. The minimum atomic E-state index is 0.798. The molecule has 18 heavy (non-hydrogen) atoms. The van der Waals surface area contributed by atoms with Crippen LogP contribution in [0.2, 0.25) is 0 Å². The zero-order valence-electron chi connectivity index (χ0n) is 12.1.